The summed E-state index contributed by atoms with van der Waals surface area (Å²) in [5, 5.41) is 10.9. The first kappa shape index (κ1) is 14.4. The first-order valence-corrected chi connectivity index (χ1v) is 6.89. The molecule has 0 saturated carbocycles. The van der Waals surface area contributed by atoms with Gasteiger partial charge >= 0.3 is 0 Å². The molecular formula is C13H15N3O3S. The number of hydrazine groups is 1. The van der Waals surface area contributed by atoms with Crippen LogP contribution in [0.3, 0.4) is 0 Å². The SMILES string of the molecule is NNC(=O)c1nc(COc2ccc(CCO)cc2)cs1. The van der Waals surface area contributed by atoms with E-state index in [1.165, 1.54) is 11.3 Å². The Morgan fingerprint density at radius 3 is 2.80 bits per heavy atom. The second kappa shape index (κ2) is 6.99. The maximum Gasteiger partial charge on any atom is 0.294 e. The van der Waals surface area contributed by atoms with Crippen LogP contribution in [-0.4, -0.2) is 22.6 Å². The lowest BCUT2D eigenvalue weighted by Gasteiger charge is -2.05. The van der Waals surface area contributed by atoms with Gasteiger partial charge in [0.2, 0.25) is 0 Å². The van der Waals surface area contributed by atoms with Gasteiger partial charge in [0, 0.05) is 12.0 Å². The van der Waals surface area contributed by atoms with E-state index < -0.39 is 5.91 Å². The largest absolute Gasteiger partial charge is 0.487 e. The van der Waals surface area contributed by atoms with E-state index in [1.807, 2.05) is 29.7 Å². The zero-order chi connectivity index (χ0) is 14.4. The molecule has 0 unspecified atom stereocenters. The van der Waals surface area contributed by atoms with Gasteiger partial charge in [-0.1, -0.05) is 12.1 Å². The van der Waals surface area contributed by atoms with Crippen molar-refractivity contribution in [1.29, 1.82) is 0 Å². The van der Waals surface area contributed by atoms with Gasteiger partial charge in [-0.15, -0.1) is 11.3 Å². The number of nitrogen functional groups attached to an aromatic ring is 1. The first-order chi connectivity index (χ1) is 9.72. The zero-order valence-electron chi connectivity index (χ0n) is 10.7. The summed E-state index contributed by atoms with van der Waals surface area (Å²) in [5.74, 6) is 5.34. The van der Waals surface area contributed by atoms with E-state index in [9.17, 15) is 4.79 Å². The lowest BCUT2D eigenvalue weighted by molar-refractivity contribution is 0.0953. The van der Waals surface area contributed by atoms with Crippen LogP contribution in [-0.2, 0) is 13.0 Å². The highest BCUT2D eigenvalue weighted by molar-refractivity contribution is 7.11. The smallest absolute Gasteiger partial charge is 0.294 e. The normalized spacial score (nSPS) is 10.3. The Bertz CT molecular complexity index is 568. The van der Waals surface area contributed by atoms with Gasteiger partial charge in [-0.2, -0.15) is 0 Å². The van der Waals surface area contributed by atoms with Crippen LogP contribution >= 0.6 is 11.3 Å². The standard InChI is InChI=1S/C13H15N3O3S/c14-16-12(18)13-15-10(8-20-13)7-19-11-3-1-9(2-4-11)5-6-17/h1-4,8,17H,5-7,14H2,(H,16,18). The van der Waals surface area contributed by atoms with Crippen LogP contribution in [0.2, 0.25) is 0 Å². The average Bonchev–Trinajstić information content (AvgIpc) is 2.95. The molecule has 0 radical (unpaired) electrons. The van der Waals surface area contributed by atoms with Crippen LogP contribution in [0.15, 0.2) is 29.6 Å². The minimum atomic E-state index is -0.408. The van der Waals surface area contributed by atoms with Gasteiger partial charge in [0.25, 0.3) is 5.91 Å². The Morgan fingerprint density at radius 1 is 1.40 bits per heavy atom. The monoisotopic (exact) mass is 293 g/mol. The molecule has 1 aromatic carbocycles. The molecule has 0 aliphatic rings. The lowest BCUT2D eigenvalue weighted by Crippen LogP contribution is -2.29. The molecule has 2 aromatic rings. The molecular weight excluding hydrogens is 278 g/mol. The fraction of sp³-hybridized carbons (Fsp3) is 0.231. The molecule has 1 heterocycles. The number of carbonyl (C=O) groups excluding carboxylic acids is 1. The number of thiazole rings is 1. The van der Waals surface area contributed by atoms with Crippen molar-refractivity contribution in [2.75, 3.05) is 6.61 Å². The fourth-order valence-corrected chi connectivity index (χ4v) is 2.28. The van der Waals surface area contributed by atoms with Crippen molar-refractivity contribution in [3.8, 4) is 5.75 Å². The minimum absolute atomic E-state index is 0.130. The summed E-state index contributed by atoms with van der Waals surface area (Å²) in [7, 11) is 0. The van der Waals surface area contributed by atoms with Crippen LogP contribution in [0.1, 0.15) is 21.1 Å². The third-order valence-electron chi connectivity index (χ3n) is 2.59. The number of amides is 1. The Kier molecular flexibility index (Phi) is 5.05. The van der Waals surface area contributed by atoms with Crippen molar-refractivity contribution in [1.82, 2.24) is 10.4 Å². The topological polar surface area (TPSA) is 97.5 Å². The van der Waals surface area contributed by atoms with Gasteiger partial charge in [-0.3, -0.25) is 10.2 Å². The molecule has 0 spiro atoms. The van der Waals surface area contributed by atoms with Crippen molar-refractivity contribution in [2.24, 2.45) is 5.84 Å². The van der Waals surface area contributed by atoms with Gasteiger partial charge in [0.15, 0.2) is 5.01 Å². The van der Waals surface area contributed by atoms with Crippen molar-refractivity contribution in [3.63, 3.8) is 0 Å². The summed E-state index contributed by atoms with van der Waals surface area (Å²) >= 11 is 1.22. The molecule has 1 amide bonds. The molecule has 0 saturated heterocycles. The van der Waals surface area contributed by atoms with E-state index in [2.05, 4.69) is 4.98 Å². The van der Waals surface area contributed by atoms with Crippen molar-refractivity contribution < 1.29 is 14.6 Å². The molecule has 0 bridgehead atoms. The number of nitrogens with zero attached hydrogens (tertiary/aromatic N) is 1. The van der Waals surface area contributed by atoms with Crippen LogP contribution < -0.4 is 16.0 Å². The summed E-state index contributed by atoms with van der Waals surface area (Å²) in [6, 6.07) is 7.48. The van der Waals surface area contributed by atoms with Crippen LogP contribution in [0, 0.1) is 0 Å². The van der Waals surface area contributed by atoms with E-state index in [-0.39, 0.29) is 13.2 Å². The van der Waals surface area contributed by atoms with Crippen molar-refractivity contribution in [3.05, 3.63) is 45.9 Å². The Hall–Kier alpha value is -1.96. The Balaban J connectivity index is 1.91. The van der Waals surface area contributed by atoms with Gasteiger partial charge in [0.1, 0.15) is 12.4 Å². The van der Waals surface area contributed by atoms with Crippen molar-refractivity contribution in [2.45, 2.75) is 13.0 Å². The molecule has 0 aliphatic heterocycles. The number of aliphatic hydroxyl groups excluding tert-OH is 1. The lowest BCUT2D eigenvalue weighted by atomic mass is 10.1. The van der Waals surface area contributed by atoms with E-state index in [1.54, 1.807) is 5.38 Å². The molecule has 20 heavy (non-hydrogen) atoms. The molecule has 106 valence electrons. The van der Waals surface area contributed by atoms with Crippen LogP contribution in [0.5, 0.6) is 5.75 Å². The molecule has 7 heteroatoms. The quantitative estimate of drug-likeness (QED) is 0.417. The third kappa shape index (κ3) is 3.77. The second-order valence-electron chi connectivity index (χ2n) is 4.02. The van der Waals surface area contributed by atoms with Gasteiger partial charge in [-0.05, 0) is 24.1 Å². The molecule has 4 N–H and O–H groups in total. The maximum absolute atomic E-state index is 11.3. The van der Waals surface area contributed by atoms with Crippen LogP contribution in [0.4, 0.5) is 0 Å². The van der Waals surface area contributed by atoms with Gasteiger partial charge < -0.3 is 9.84 Å². The summed E-state index contributed by atoms with van der Waals surface area (Å²) in [6.07, 6.45) is 0.629. The number of rotatable bonds is 6. The predicted octanol–water partition coefficient (Wildman–Crippen LogP) is 0.860. The highest BCUT2D eigenvalue weighted by Gasteiger charge is 2.09. The third-order valence-corrected chi connectivity index (χ3v) is 3.48. The van der Waals surface area contributed by atoms with Crippen molar-refractivity contribution >= 4 is 17.2 Å². The number of aromatic nitrogens is 1. The highest BCUT2D eigenvalue weighted by atomic mass is 32.1. The number of hydrogen-bond acceptors (Lipinski definition) is 6. The highest BCUT2D eigenvalue weighted by Crippen LogP contribution is 2.16. The van der Waals surface area contributed by atoms with Gasteiger partial charge in [-0.25, -0.2) is 10.8 Å². The summed E-state index contributed by atoms with van der Waals surface area (Å²) < 4.78 is 5.57. The fourth-order valence-electron chi connectivity index (χ4n) is 1.58. The maximum atomic E-state index is 11.3. The summed E-state index contributed by atoms with van der Waals surface area (Å²) in [4.78, 5) is 15.4. The summed E-state index contributed by atoms with van der Waals surface area (Å²) in [6.45, 7) is 0.415. The van der Waals surface area contributed by atoms with Crippen LogP contribution in [0.25, 0.3) is 0 Å². The number of ether oxygens (including phenoxy) is 1. The second-order valence-corrected chi connectivity index (χ2v) is 4.88. The number of nitrogens with one attached hydrogen (secondary N) is 1. The number of aliphatic hydroxyl groups is 1. The number of hydrogen-bond donors (Lipinski definition) is 3. The summed E-state index contributed by atoms with van der Waals surface area (Å²) in [5.41, 5.74) is 3.76. The first-order valence-electron chi connectivity index (χ1n) is 6.01. The van der Waals surface area contributed by atoms with Gasteiger partial charge in [0.05, 0.1) is 5.69 Å². The minimum Gasteiger partial charge on any atom is -0.487 e. The molecule has 2 rings (SSSR count). The Morgan fingerprint density at radius 2 is 2.15 bits per heavy atom. The predicted molar refractivity (Wildman–Crippen MR) is 75.3 cm³/mol. The number of nitrogens with two attached hydrogens (primary N) is 1. The van der Waals surface area contributed by atoms with E-state index in [0.29, 0.717) is 22.9 Å². The number of carbonyl (C=O) groups is 1. The molecule has 0 fully saturated rings. The van der Waals surface area contributed by atoms with E-state index in [0.717, 1.165) is 5.56 Å². The molecule has 6 nitrogen and oxygen atoms in total. The van der Waals surface area contributed by atoms with E-state index >= 15 is 0 Å². The Labute approximate surface area is 120 Å². The average molecular weight is 293 g/mol. The molecule has 1 aromatic heterocycles. The molecule has 0 atom stereocenters. The number of benzene rings is 1. The zero-order valence-corrected chi connectivity index (χ0v) is 11.5. The van der Waals surface area contributed by atoms with E-state index in [4.69, 9.17) is 15.7 Å². The molecule has 0 aliphatic carbocycles.